The summed E-state index contributed by atoms with van der Waals surface area (Å²) in [7, 11) is 0. The molecule has 0 spiro atoms. The summed E-state index contributed by atoms with van der Waals surface area (Å²) < 4.78 is 11.0. The van der Waals surface area contributed by atoms with Gasteiger partial charge in [-0.25, -0.2) is 4.98 Å². The molecular formula is C23H22N2O5. The molecule has 3 rings (SSSR count). The van der Waals surface area contributed by atoms with E-state index in [1.54, 1.807) is 30.3 Å². The second-order valence-corrected chi connectivity index (χ2v) is 6.71. The second-order valence-electron chi connectivity index (χ2n) is 6.71. The predicted octanol–water partition coefficient (Wildman–Crippen LogP) is 4.19. The van der Waals surface area contributed by atoms with Crippen molar-refractivity contribution in [2.75, 3.05) is 0 Å². The number of aromatic nitrogens is 1. The quantitative estimate of drug-likeness (QED) is 0.471. The number of carbonyl (C=O) groups is 2. The molecule has 7 heteroatoms. The van der Waals surface area contributed by atoms with Crippen LogP contribution in [0.2, 0.25) is 0 Å². The lowest BCUT2D eigenvalue weighted by atomic mass is 10.1. The molecule has 0 aliphatic rings. The zero-order valence-corrected chi connectivity index (χ0v) is 16.9. The molecule has 1 heterocycles. The average molecular weight is 406 g/mol. The van der Waals surface area contributed by atoms with Crippen molar-refractivity contribution in [3.63, 3.8) is 0 Å². The largest absolute Gasteiger partial charge is 0.505 e. The van der Waals surface area contributed by atoms with Crippen molar-refractivity contribution < 1.29 is 24.2 Å². The van der Waals surface area contributed by atoms with Gasteiger partial charge in [0.25, 0.3) is 5.91 Å². The third-order valence-electron chi connectivity index (χ3n) is 4.49. The second kappa shape index (κ2) is 9.09. The van der Waals surface area contributed by atoms with Gasteiger partial charge in [0.05, 0.1) is 6.20 Å². The van der Waals surface area contributed by atoms with Gasteiger partial charge >= 0.3 is 5.97 Å². The normalized spacial score (nSPS) is 11.4. The third kappa shape index (κ3) is 4.94. The predicted molar refractivity (Wildman–Crippen MR) is 110 cm³/mol. The maximum atomic E-state index is 12.6. The van der Waals surface area contributed by atoms with Crippen LogP contribution in [0.15, 0.2) is 60.8 Å². The molecule has 1 amide bonds. The third-order valence-corrected chi connectivity index (χ3v) is 4.49. The molecule has 0 radical (unpaired) electrons. The number of amides is 1. The van der Waals surface area contributed by atoms with Crippen LogP contribution in [0.5, 0.6) is 17.2 Å². The van der Waals surface area contributed by atoms with Gasteiger partial charge in [0.1, 0.15) is 11.5 Å². The summed E-state index contributed by atoms with van der Waals surface area (Å²) in [6.45, 7) is 5.15. The molecule has 7 nitrogen and oxygen atoms in total. The first kappa shape index (κ1) is 20.9. The van der Waals surface area contributed by atoms with E-state index in [4.69, 9.17) is 9.47 Å². The first-order valence-corrected chi connectivity index (χ1v) is 9.31. The van der Waals surface area contributed by atoms with Crippen molar-refractivity contribution in [2.45, 2.75) is 27.0 Å². The van der Waals surface area contributed by atoms with Gasteiger partial charge in [-0.3, -0.25) is 9.59 Å². The lowest BCUT2D eigenvalue weighted by molar-refractivity contribution is -0.147. The number of carbonyl (C=O) groups excluding carboxylic acids is 2. The highest BCUT2D eigenvalue weighted by molar-refractivity contribution is 5.95. The van der Waals surface area contributed by atoms with Gasteiger partial charge in [-0.1, -0.05) is 42.5 Å². The van der Waals surface area contributed by atoms with Crippen molar-refractivity contribution in [3.05, 3.63) is 83.2 Å². The van der Waals surface area contributed by atoms with Gasteiger partial charge in [0.15, 0.2) is 11.4 Å². The van der Waals surface area contributed by atoms with Gasteiger partial charge < -0.3 is 19.9 Å². The molecule has 1 unspecified atom stereocenters. The molecule has 0 aliphatic carbocycles. The van der Waals surface area contributed by atoms with Gasteiger partial charge in [0, 0.05) is 18.6 Å². The number of benzene rings is 2. The summed E-state index contributed by atoms with van der Waals surface area (Å²) in [5.74, 6) is -0.686. The number of nitrogens with one attached hydrogen (secondary N) is 1. The summed E-state index contributed by atoms with van der Waals surface area (Å²) in [5.41, 5.74) is 2.40. The van der Waals surface area contributed by atoms with Gasteiger partial charge in [-0.05, 0) is 31.0 Å². The van der Waals surface area contributed by atoms with E-state index >= 15 is 0 Å². The lowest BCUT2D eigenvalue weighted by Crippen LogP contribution is -2.32. The summed E-state index contributed by atoms with van der Waals surface area (Å²) in [4.78, 5) is 28.1. The Balaban J connectivity index is 1.79. The fraction of sp³-hybridized carbons (Fsp3) is 0.174. The van der Waals surface area contributed by atoms with E-state index in [9.17, 15) is 14.7 Å². The fourth-order valence-electron chi connectivity index (χ4n) is 2.79. The number of rotatable bonds is 6. The van der Waals surface area contributed by atoms with E-state index in [0.717, 1.165) is 11.1 Å². The van der Waals surface area contributed by atoms with Crippen molar-refractivity contribution >= 4 is 11.9 Å². The first-order valence-electron chi connectivity index (χ1n) is 9.31. The monoisotopic (exact) mass is 406 g/mol. The highest BCUT2D eigenvalue weighted by Crippen LogP contribution is 2.29. The molecule has 1 aromatic heterocycles. The zero-order valence-electron chi connectivity index (χ0n) is 16.9. The number of esters is 1. The number of aromatic hydroxyl groups is 1. The van der Waals surface area contributed by atoms with Gasteiger partial charge in [0.2, 0.25) is 6.23 Å². The molecular weight excluding hydrogens is 384 g/mol. The Morgan fingerprint density at radius 1 is 1.07 bits per heavy atom. The Bertz CT molecular complexity index is 1070. The van der Waals surface area contributed by atoms with Crippen LogP contribution in [-0.4, -0.2) is 22.0 Å². The van der Waals surface area contributed by atoms with E-state index in [2.05, 4.69) is 10.3 Å². The Morgan fingerprint density at radius 2 is 1.80 bits per heavy atom. The van der Waals surface area contributed by atoms with Crippen molar-refractivity contribution in [1.29, 1.82) is 0 Å². The van der Waals surface area contributed by atoms with Gasteiger partial charge in [-0.2, -0.15) is 0 Å². The highest BCUT2D eigenvalue weighted by atomic mass is 16.6. The molecule has 0 saturated carbocycles. The first-order chi connectivity index (χ1) is 14.3. The standard InChI is InChI=1S/C23H22N2O5/c1-14-8-7-11-20(15(14)2)30-18-12-19(27)21(24-13-18)22(28)25-23(29-16(3)26)17-9-5-4-6-10-17/h4-13,23,27H,1-3H3,(H,25,28). The van der Waals surface area contributed by atoms with Gasteiger partial charge in [-0.15, -0.1) is 0 Å². The minimum absolute atomic E-state index is 0.212. The van der Waals surface area contributed by atoms with Crippen LogP contribution in [0.1, 0.15) is 40.3 Å². The number of aryl methyl sites for hydroxylation is 1. The molecule has 0 fully saturated rings. The fourth-order valence-corrected chi connectivity index (χ4v) is 2.79. The Labute approximate surface area is 174 Å². The Hall–Kier alpha value is -3.87. The van der Waals surface area contributed by atoms with E-state index < -0.39 is 18.1 Å². The molecule has 1 atom stereocenters. The van der Waals surface area contributed by atoms with Crippen LogP contribution >= 0.6 is 0 Å². The highest BCUT2D eigenvalue weighted by Gasteiger charge is 2.22. The minimum atomic E-state index is -1.01. The average Bonchev–Trinajstić information content (AvgIpc) is 2.71. The smallest absolute Gasteiger partial charge is 0.304 e. The topological polar surface area (TPSA) is 97.8 Å². The van der Waals surface area contributed by atoms with E-state index in [1.165, 1.54) is 19.2 Å². The van der Waals surface area contributed by atoms with Crippen LogP contribution < -0.4 is 10.1 Å². The van der Waals surface area contributed by atoms with Crippen molar-refractivity contribution in [1.82, 2.24) is 10.3 Å². The van der Waals surface area contributed by atoms with E-state index in [0.29, 0.717) is 11.3 Å². The lowest BCUT2D eigenvalue weighted by Gasteiger charge is -2.19. The molecule has 30 heavy (non-hydrogen) atoms. The molecule has 2 N–H and O–H groups in total. The number of hydrogen-bond donors (Lipinski definition) is 2. The van der Waals surface area contributed by atoms with E-state index in [1.807, 2.05) is 32.0 Å². The summed E-state index contributed by atoms with van der Waals surface area (Å²) in [5, 5.41) is 12.9. The Kier molecular flexibility index (Phi) is 6.32. The summed E-state index contributed by atoms with van der Waals surface area (Å²) in [6, 6.07) is 15.7. The van der Waals surface area contributed by atoms with Crippen LogP contribution in [0.3, 0.4) is 0 Å². The van der Waals surface area contributed by atoms with Crippen molar-refractivity contribution in [2.24, 2.45) is 0 Å². The number of nitrogens with zero attached hydrogens (tertiary/aromatic N) is 1. The molecule has 154 valence electrons. The van der Waals surface area contributed by atoms with Crippen LogP contribution in [0, 0.1) is 13.8 Å². The van der Waals surface area contributed by atoms with Crippen LogP contribution in [0.4, 0.5) is 0 Å². The maximum absolute atomic E-state index is 12.6. The molecule has 0 saturated heterocycles. The number of hydrogen-bond acceptors (Lipinski definition) is 6. The summed E-state index contributed by atoms with van der Waals surface area (Å²) in [6.07, 6.45) is 0.336. The van der Waals surface area contributed by atoms with Crippen LogP contribution in [0.25, 0.3) is 0 Å². The Morgan fingerprint density at radius 3 is 2.47 bits per heavy atom. The molecule has 0 aliphatic heterocycles. The SMILES string of the molecule is CC(=O)OC(NC(=O)c1ncc(Oc2cccc(C)c2C)cc1O)c1ccccc1. The van der Waals surface area contributed by atoms with E-state index in [-0.39, 0.29) is 17.2 Å². The van der Waals surface area contributed by atoms with Crippen molar-refractivity contribution in [3.8, 4) is 17.2 Å². The summed E-state index contributed by atoms with van der Waals surface area (Å²) >= 11 is 0. The molecule has 0 bridgehead atoms. The minimum Gasteiger partial charge on any atom is -0.505 e. The zero-order chi connectivity index (χ0) is 21.7. The molecule has 3 aromatic rings. The number of pyridine rings is 1. The number of ether oxygens (including phenoxy) is 2. The van der Waals surface area contributed by atoms with Crippen LogP contribution in [-0.2, 0) is 9.53 Å². The molecule has 2 aromatic carbocycles. The maximum Gasteiger partial charge on any atom is 0.304 e.